The summed E-state index contributed by atoms with van der Waals surface area (Å²) in [5, 5.41) is 13.9. The SMILES string of the molecule is CCCCCCNc1ncc([N+](=O)[O-])c(C)c1Br. The van der Waals surface area contributed by atoms with Gasteiger partial charge in [0.2, 0.25) is 0 Å². The van der Waals surface area contributed by atoms with E-state index >= 15 is 0 Å². The normalized spacial score (nSPS) is 10.4. The van der Waals surface area contributed by atoms with Gasteiger partial charge in [0.05, 0.1) is 9.40 Å². The quantitative estimate of drug-likeness (QED) is 0.468. The van der Waals surface area contributed by atoms with E-state index in [0.29, 0.717) is 15.9 Å². The molecule has 0 aliphatic rings. The van der Waals surface area contributed by atoms with Crippen molar-refractivity contribution in [2.45, 2.75) is 39.5 Å². The van der Waals surface area contributed by atoms with Gasteiger partial charge < -0.3 is 5.32 Å². The molecule has 1 rings (SSSR count). The molecule has 0 spiro atoms. The Kier molecular flexibility index (Phi) is 6.04. The highest BCUT2D eigenvalue weighted by Gasteiger charge is 2.16. The van der Waals surface area contributed by atoms with Gasteiger partial charge in [-0.1, -0.05) is 26.2 Å². The summed E-state index contributed by atoms with van der Waals surface area (Å²) < 4.78 is 0.673. The Morgan fingerprint density at radius 1 is 1.44 bits per heavy atom. The molecule has 1 heterocycles. The fourth-order valence-electron chi connectivity index (χ4n) is 1.64. The third-order valence-corrected chi connectivity index (χ3v) is 3.73. The zero-order chi connectivity index (χ0) is 13.5. The van der Waals surface area contributed by atoms with E-state index in [0.717, 1.165) is 13.0 Å². The Morgan fingerprint density at radius 2 is 2.17 bits per heavy atom. The number of nitrogens with zero attached hydrogens (tertiary/aromatic N) is 2. The van der Waals surface area contributed by atoms with Crippen LogP contribution in [0.4, 0.5) is 11.5 Å². The van der Waals surface area contributed by atoms with Crippen LogP contribution >= 0.6 is 15.9 Å². The summed E-state index contributed by atoms with van der Waals surface area (Å²) in [5.74, 6) is 0.676. The van der Waals surface area contributed by atoms with Crippen molar-refractivity contribution in [2.24, 2.45) is 0 Å². The van der Waals surface area contributed by atoms with E-state index in [1.165, 1.54) is 25.5 Å². The molecule has 1 N–H and O–H groups in total. The average Bonchev–Trinajstić information content (AvgIpc) is 2.33. The van der Waals surface area contributed by atoms with E-state index in [-0.39, 0.29) is 5.69 Å². The van der Waals surface area contributed by atoms with Crippen LogP contribution in [0.25, 0.3) is 0 Å². The first-order chi connectivity index (χ1) is 8.57. The van der Waals surface area contributed by atoms with Gasteiger partial charge in [0.25, 0.3) is 5.69 Å². The Balaban J connectivity index is 2.62. The minimum absolute atomic E-state index is 0.0402. The summed E-state index contributed by atoms with van der Waals surface area (Å²) >= 11 is 3.35. The molecule has 0 saturated carbocycles. The molecule has 0 fully saturated rings. The molecule has 100 valence electrons. The summed E-state index contributed by atoms with van der Waals surface area (Å²) in [6.07, 6.45) is 6.01. The van der Waals surface area contributed by atoms with Gasteiger partial charge in [-0.15, -0.1) is 0 Å². The van der Waals surface area contributed by atoms with Crippen molar-refractivity contribution in [3.05, 3.63) is 26.3 Å². The summed E-state index contributed by atoms with van der Waals surface area (Å²) in [4.78, 5) is 14.4. The monoisotopic (exact) mass is 315 g/mol. The molecular formula is C12H18BrN3O2. The van der Waals surface area contributed by atoms with Crippen LogP contribution < -0.4 is 5.32 Å². The molecule has 0 bridgehead atoms. The van der Waals surface area contributed by atoms with Crippen molar-refractivity contribution in [3.63, 3.8) is 0 Å². The summed E-state index contributed by atoms with van der Waals surface area (Å²) in [6.45, 7) is 4.72. The van der Waals surface area contributed by atoms with E-state index in [4.69, 9.17) is 0 Å². The predicted molar refractivity (Wildman–Crippen MR) is 76.0 cm³/mol. The average molecular weight is 316 g/mol. The van der Waals surface area contributed by atoms with E-state index in [2.05, 4.69) is 33.2 Å². The molecule has 6 heteroatoms. The first kappa shape index (κ1) is 14.9. The topological polar surface area (TPSA) is 68.1 Å². The summed E-state index contributed by atoms with van der Waals surface area (Å²) in [5.41, 5.74) is 0.643. The second kappa shape index (κ2) is 7.31. The molecule has 0 aromatic carbocycles. The van der Waals surface area contributed by atoms with Crippen LogP contribution in [0.15, 0.2) is 10.7 Å². The molecule has 5 nitrogen and oxygen atoms in total. The lowest BCUT2D eigenvalue weighted by Crippen LogP contribution is -2.05. The van der Waals surface area contributed by atoms with Gasteiger partial charge in [0, 0.05) is 12.1 Å². The molecule has 0 amide bonds. The number of nitrogens with one attached hydrogen (secondary N) is 1. The number of aromatic nitrogens is 1. The van der Waals surface area contributed by atoms with Crippen LogP contribution in [-0.4, -0.2) is 16.5 Å². The standard InChI is InChI=1S/C12H18BrN3O2/c1-3-4-5-6-7-14-12-11(13)9(2)10(8-15-12)16(17)18/h8H,3-7H2,1-2H3,(H,14,15). The molecule has 0 radical (unpaired) electrons. The highest BCUT2D eigenvalue weighted by Crippen LogP contribution is 2.30. The van der Waals surface area contributed by atoms with Crippen LogP contribution in [0, 0.1) is 17.0 Å². The predicted octanol–water partition coefficient (Wildman–Crippen LogP) is 4.05. The molecule has 0 saturated heterocycles. The number of pyridine rings is 1. The van der Waals surface area contributed by atoms with Crippen LogP contribution in [0.1, 0.15) is 38.2 Å². The molecular weight excluding hydrogens is 298 g/mol. The van der Waals surface area contributed by atoms with Gasteiger partial charge in [-0.05, 0) is 29.3 Å². The van der Waals surface area contributed by atoms with Crippen molar-refractivity contribution in [1.29, 1.82) is 0 Å². The van der Waals surface area contributed by atoms with Crippen molar-refractivity contribution in [3.8, 4) is 0 Å². The molecule has 0 atom stereocenters. The van der Waals surface area contributed by atoms with E-state index in [1.807, 2.05) is 0 Å². The summed E-state index contributed by atoms with van der Waals surface area (Å²) in [7, 11) is 0. The number of hydrogen-bond acceptors (Lipinski definition) is 4. The molecule has 0 aliphatic carbocycles. The van der Waals surface area contributed by atoms with Crippen molar-refractivity contribution in [2.75, 3.05) is 11.9 Å². The van der Waals surface area contributed by atoms with E-state index in [9.17, 15) is 10.1 Å². The Morgan fingerprint density at radius 3 is 2.78 bits per heavy atom. The number of rotatable bonds is 7. The number of halogens is 1. The van der Waals surface area contributed by atoms with Gasteiger partial charge in [-0.3, -0.25) is 10.1 Å². The van der Waals surface area contributed by atoms with Crippen LogP contribution in [0.2, 0.25) is 0 Å². The zero-order valence-electron chi connectivity index (χ0n) is 10.7. The highest BCUT2D eigenvalue weighted by molar-refractivity contribution is 9.10. The molecule has 18 heavy (non-hydrogen) atoms. The van der Waals surface area contributed by atoms with Gasteiger partial charge in [0.1, 0.15) is 12.0 Å². The van der Waals surface area contributed by atoms with Crippen molar-refractivity contribution < 1.29 is 4.92 Å². The molecule has 1 aromatic rings. The first-order valence-corrected chi connectivity index (χ1v) is 6.90. The maximum atomic E-state index is 10.7. The minimum Gasteiger partial charge on any atom is -0.369 e. The molecule has 0 unspecified atom stereocenters. The Bertz CT molecular complexity index is 424. The number of nitro groups is 1. The maximum Gasteiger partial charge on any atom is 0.291 e. The van der Waals surface area contributed by atoms with Crippen molar-refractivity contribution >= 4 is 27.4 Å². The number of anilines is 1. The lowest BCUT2D eigenvalue weighted by atomic mass is 10.2. The van der Waals surface area contributed by atoms with E-state index < -0.39 is 4.92 Å². The zero-order valence-corrected chi connectivity index (χ0v) is 12.3. The minimum atomic E-state index is -0.419. The van der Waals surface area contributed by atoms with Gasteiger partial charge >= 0.3 is 0 Å². The number of hydrogen-bond donors (Lipinski definition) is 1. The van der Waals surface area contributed by atoms with Gasteiger partial charge in [-0.2, -0.15) is 0 Å². The molecule has 1 aromatic heterocycles. The third kappa shape index (κ3) is 3.94. The largest absolute Gasteiger partial charge is 0.369 e. The third-order valence-electron chi connectivity index (χ3n) is 2.76. The van der Waals surface area contributed by atoms with Crippen molar-refractivity contribution in [1.82, 2.24) is 4.98 Å². The number of unbranched alkanes of at least 4 members (excludes halogenated alkanes) is 3. The smallest absolute Gasteiger partial charge is 0.291 e. The fraction of sp³-hybridized carbons (Fsp3) is 0.583. The lowest BCUT2D eigenvalue weighted by Gasteiger charge is -2.09. The fourth-order valence-corrected chi connectivity index (χ4v) is 2.08. The van der Waals surface area contributed by atoms with Gasteiger partial charge in [-0.25, -0.2) is 4.98 Å². The summed E-state index contributed by atoms with van der Waals surface area (Å²) in [6, 6.07) is 0. The Hall–Kier alpha value is -1.17. The second-order valence-electron chi connectivity index (χ2n) is 4.18. The van der Waals surface area contributed by atoms with E-state index in [1.54, 1.807) is 6.92 Å². The van der Waals surface area contributed by atoms with Gasteiger partial charge in [0.15, 0.2) is 0 Å². The molecule has 0 aliphatic heterocycles. The van der Waals surface area contributed by atoms with Crippen LogP contribution in [-0.2, 0) is 0 Å². The Labute approximate surface area is 115 Å². The highest BCUT2D eigenvalue weighted by atomic mass is 79.9. The second-order valence-corrected chi connectivity index (χ2v) is 4.97. The van der Waals surface area contributed by atoms with Crippen LogP contribution in [0.3, 0.4) is 0 Å². The maximum absolute atomic E-state index is 10.7. The van der Waals surface area contributed by atoms with Crippen LogP contribution in [0.5, 0.6) is 0 Å². The first-order valence-electron chi connectivity index (χ1n) is 6.11. The lowest BCUT2D eigenvalue weighted by molar-refractivity contribution is -0.385.